The number of nitro groups is 1. The molecule has 0 fully saturated rings. The van der Waals surface area contributed by atoms with Crippen LogP contribution in [0.5, 0.6) is 0 Å². The summed E-state index contributed by atoms with van der Waals surface area (Å²) in [5, 5.41) is 10.8. The number of likely N-dealkylation sites (N-methyl/N-ethyl adjacent to an activating group) is 1. The van der Waals surface area contributed by atoms with Gasteiger partial charge < -0.3 is 4.90 Å². The van der Waals surface area contributed by atoms with Crippen molar-refractivity contribution in [3.63, 3.8) is 0 Å². The molecule has 0 aromatic heterocycles. The number of benzene rings is 1. The molecule has 0 radical (unpaired) electrons. The molecule has 6 nitrogen and oxygen atoms in total. The third kappa shape index (κ3) is 2.24. The topological polar surface area (TPSA) is 80.5 Å². The highest BCUT2D eigenvalue weighted by molar-refractivity contribution is 9.12. The number of carbonyl (C=O) groups excluding carboxylic acids is 2. The molecule has 0 N–H and O–H groups in total. The molecule has 0 saturated heterocycles. The van der Waals surface area contributed by atoms with E-state index in [9.17, 15) is 19.7 Å². The highest BCUT2D eigenvalue weighted by Crippen LogP contribution is 2.46. The number of amides is 1. The second-order valence-corrected chi connectivity index (χ2v) is 6.04. The fourth-order valence-corrected chi connectivity index (χ4v) is 3.61. The maximum absolute atomic E-state index is 12.4. The normalized spacial score (nSPS) is 19.1. The van der Waals surface area contributed by atoms with Gasteiger partial charge >= 0.3 is 0 Å². The molecule has 0 saturated carbocycles. The van der Waals surface area contributed by atoms with E-state index in [1.165, 1.54) is 29.2 Å². The molecule has 1 amide bonds. The van der Waals surface area contributed by atoms with Crippen molar-refractivity contribution in [2.75, 3.05) is 7.05 Å². The molecule has 2 aliphatic rings. The van der Waals surface area contributed by atoms with Gasteiger partial charge in [0.2, 0.25) is 0 Å². The second-order valence-electron chi connectivity index (χ2n) is 5.25. The number of hydrogen-bond acceptors (Lipinski definition) is 4. The van der Waals surface area contributed by atoms with Crippen LogP contribution in [-0.4, -0.2) is 34.1 Å². The van der Waals surface area contributed by atoms with Crippen molar-refractivity contribution in [1.82, 2.24) is 4.90 Å². The van der Waals surface area contributed by atoms with Gasteiger partial charge in [-0.2, -0.15) is 0 Å². The Labute approximate surface area is 140 Å². The Morgan fingerprint density at radius 2 is 1.70 bits per heavy atom. The Morgan fingerprint density at radius 3 is 2.22 bits per heavy atom. The summed E-state index contributed by atoms with van der Waals surface area (Å²) < 4.78 is 0.373. The van der Waals surface area contributed by atoms with E-state index in [0.29, 0.717) is 15.6 Å². The maximum atomic E-state index is 12.4. The summed E-state index contributed by atoms with van der Waals surface area (Å²) in [6.07, 6.45) is 6.16. The van der Waals surface area contributed by atoms with Gasteiger partial charge in [-0.3, -0.25) is 19.7 Å². The first-order chi connectivity index (χ1) is 10.9. The van der Waals surface area contributed by atoms with Gasteiger partial charge in [0.25, 0.3) is 11.6 Å². The van der Waals surface area contributed by atoms with E-state index in [1.807, 2.05) is 0 Å². The lowest BCUT2D eigenvalue weighted by Gasteiger charge is -2.34. The third-order valence-electron chi connectivity index (χ3n) is 4.04. The molecule has 1 spiro atoms. The summed E-state index contributed by atoms with van der Waals surface area (Å²) in [5.41, 5.74) is 0.422. The van der Waals surface area contributed by atoms with Crippen molar-refractivity contribution in [3.05, 3.63) is 68.7 Å². The van der Waals surface area contributed by atoms with Gasteiger partial charge in [-0.15, -0.1) is 0 Å². The zero-order valence-electron chi connectivity index (χ0n) is 12.0. The lowest BCUT2D eigenvalue weighted by atomic mass is 9.83. The van der Waals surface area contributed by atoms with Crippen LogP contribution in [0, 0.1) is 10.1 Å². The van der Waals surface area contributed by atoms with Gasteiger partial charge in [0.1, 0.15) is 5.54 Å². The first-order valence-electron chi connectivity index (χ1n) is 6.72. The summed E-state index contributed by atoms with van der Waals surface area (Å²) >= 11 is 3.32. The van der Waals surface area contributed by atoms with Crippen LogP contribution in [-0.2, 0) is 9.59 Å². The number of nitrogens with zero attached hydrogens (tertiary/aromatic N) is 2. The SMILES string of the molecule is CN1C(=O)C(Br)=C(c2ccc([N+](=O)[O-])cc2)C12C=CC(=O)C=C2. The van der Waals surface area contributed by atoms with Crippen molar-refractivity contribution in [2.45, 2.75) is 5.54 Å². The summed E-state index contributed by atoms with van der Waals surface area (Å²) in [6, 6.07) is 5.98. The van der Waals surface area contributed by atoms with E-state index in [-0.39, 0.29) is 17.4 Å². The largest absolute Gasteiger partial charge is 0.324 e. The number of rotatable bonds is 2. The number of non-ortho nitro benzene ring substituents is 1. The molecule has 0 unspecified atom stereocenters. The summed E-state index contributed by atoms with van der Waals surface area (Å²) in [7, 11) is 1.65. The van der Waals surface area contributed by atoms with Crippen LogP contribution in [0.1, 0.15) is 5.56 Å². The first-order valence-corrected chi connectivity index (χ1v) is 7.52. The smallest absolute Gasteiger partial charge is 0.269 e. The van der Waals surface area contributed by atoms with Crippen LogP contribution in [0.25, 0.3) is 5.57 Å². The van der Waals surface area contributed by atoms with Crippen LogP contribution >= 0.6 is 15.9 Å². The molecule has 7 heteroatoms. The van der Waals surface area contributed by atoms with Crippen LogP contribution < -0.4 is 0 Å². The van der Waals surface area contributed by atoms with Gasteiger partial charge in [0.15, 0.2) is 5.78 Å². The van der Waals surface area contributed by atoms with Crippen molar-refractivity contribution in [2.24, 2.45) is 0 Å². The standard InChI is InChI=1S/C16H11BrN2O4/c1-18-15(21)14(17)13(16(18)8-6-12(20)7-9-16)10-2-4-11(5-3-10)19(22)23/h2-9H,1H3. The molecular formula is C16H11BrN2O4. The minimum absolute atomic E-state index is 0.0258. The molecule has 1 aliphatic carbocycles. The van der Waals surface area contributed by atoms with Crippen molar-refractivity contribution in [3.8, 4) is 0 Å². The molecule has 1 aromatic carbocycles. The average molecular weight is 375 g/mol. The second kappa shape index (κ2) is 5.27. The Balaban J connectivity index is 2.16. The van der Waals surface area contributed by atoms with E-state index < -0.39 is 10.5 Å². The highest BCUT2D eigenvalue weighted by atomic mass is 79.9. The maximum Gasteiger partial charge on any atom is 0.269 e. The van der Waals surface area contributed by atoms with E-state index in [4.69, 9.17) is 0 Å². The molecule has 1 aliphatic heterocycles. The average Bonchev–Trinajstić information content (AvgIpc) is 2.72. The number of halogens is 1. The Bertz CT molecular complexity index is 805. The Morgan fingerprint density at radius 1 is 1.13 bits per heavy atom. The number of hydrogen-bond donors (Lipinski definition) is 0. The molecule has 0 atom stereocenters. The fraction of sp³-hybridized carbons (Fsp3) is 0.125. The summed E-state index contributed by atoms with van der Waals surface area (Å²) in [5.74, 6) is -0.371. The summed E-state index contributed by atoms with van der Waals surface area (Å²) in [4.78, 5) is 35.7. The van der Waals surface area contributed by atoms with Crippen LogP contribution in [0.3, 0.4) is 0 Å². The number of nitro benzene ring substituents is 1. The van der Waals surface area contributed by atoms with Crippen LogP contribution in [0.15, 0.2) is 53.1 Å². The minimum atomic E-state index is -0.875. The molecule has 116 valence electrons. The van der Waals surface area contributed by atoms with Gasteiger partial charge in [0, 0.05) is 24.8 Å². The lowest BCUT2D eigenvalue weighted by molar-refractivity contribution is -0.384. The van der Waals surface area contributed by atoms with Crippen LogP contribution in [0.2, 0.25) is 0 Å². The van der Waals surface area contributed by atoms with E-state index in [2.05, 4.69) is 15.9 Å². The van der Waals surface area contributed by atoms with Crippen molar-refractivity contribution in [1.29, 1.82) is 0 Å². The van der Waals surface area contributed by atoms with E-state index >= 15 is 0 Å². The van der Waals surface area contributed by atoms with E-state index in [0.717, 1.165) is 0 Å². The van der Waals surface area contributed by atoms with Gasteiger partial charge in [0.05, 0.1) is 9.41 Å². The van der Waals surface area contributed by atoms with E-state index in [1.54, 1.807) is 31.3 Å². The lowest BCUT2D eigenvalue weighted by Crippen LogP contribution is -2.43. The minimum Gasteiger partial charge on any atom is -0.324 e. The van der Waals surface area contributed by atoms with Gasteiger partial charge in [-0.05, 0) is 57.9 Å². The molecule has 0 bridgehead atoms. The number of ketones is 1. The Hall–Kier alpha value is -2.54. The first kappa shape index (κ1) is 15.4. The number of carbonyl (C=O) groups is 2. The molecule has 1 heterocycles. The van der Waals surface area contributed by atoms with Crippen LogP contribution in [0.4, 0.5) is 5.69 Å². The van der Waals surface area contributed by atoms with Gasteiger partial charge in [-0.25, -0.2) is 0 Å². The third-order valence-corrected chi connectivity index (χ3v) is 4.77. The zero-order valence-corrected chi connectivity index (χ0v) is 13.6. The molecular weight excluding hydrogens is 364 g/mol. The fourth-order valence-electron chi connectivity index (χ4n) is 2.79. The molecule has 23 heavy (non-hydrogen) atoms. The van der Waals surface area contributed by atoms with Crippen molar-refractivity contribution >= 4 is 38.9 Å². The zero-order chi connectivity index (χ0) is 16.8. The predicted molar refractivity (Wildman–Crippen MR) is 87.7 cm³/mol. The highest BCUT2D eigenvalue weighted by Gasteiger charge is 2.47. The Kier molecular flexibility index (Phi) is 3.52. The quantitative estimate of drug-likeness (QED) is 0.588. The number of allylic oxidation sites excluding steroid dienone is 2. The van der Waals surface area contributed by atoms with Gasteiger partial charge in [-0.1, -0.05) is 0 Å². The summed E-state index contributed by atoms with van der Waals surface area (Å²) in [6.45, 7) is 0. The monoisotopic (exact) mass is 374 g/mol. The predicted octanol–water partition coefficient (Wildman–Crippen LogP) is 2.61. The molecule has 1 aromatic rings. The molecule has 3 rings (SSSR count). The van der Waals surface area contributed by atoms with Crippen molar-refractivity contribution < 1.29 is 14.5 Å².